The highest BCUT2D eigenvalue weighted by Crippen LogP contribution is 2.23. The SMILES string of the molecule is Fc1ccc(F)c(C=CCN[C@H]2CC[C@@H](CCc3ccnc4ccc(F)cc34)OC2)c1. The highest BCUT2D eigenvalue weighted by Gasteiger charge is 2.21. The smallest absolute Gasteiger partial charge is 0.130 e. The molecule has 3 nitrogen and oxygen atoms in total. The summed E-state index contributed by atoms with van der Waals surface area (Å²) in [6, 6.07) is 10.3. The van der Waals surface area contributed by atoms with Crippen molar-refractivity contribution in [2.75, 3.05) is 13.2 Å². The van der Waals surface area contributed by atoms with Crippen molar-refractivity contribution in [3.8, 4) is 0 Å². The highest BCUT2D eigenvalue weighted by molar-refractivity contribution is 5.81. The van der Waals surface area contributed by atoms with Gasteiger partial charge in [-0.25, -0.2) is 13.2 Å². The van der Waals surface area contributed by atoms with E-state index < -0.39 is 11.6 Å². The first-order valence-electron chi connectivity index (χ1n) is 10.6. The molecule has 0 radical (unpaired) electrons. The van der Waals surface area contributed by atoms with Gasteiger partial charge in [0.25, 0.3) is 0 Å². The Morgan fingerprint density at radius 2 is 1.87 bits per heavy atom. The molecule has 1 aromatic heterocycles. The number of fused-ring (bicyclic) bond motifs is 1. The van der Waals surface area contributed by atoms with Crippen LogP contribution in [0.25, 0.3) is 17.0 Å². The summed E-state index contributed by atoms with van der Waals surface area (Å²) >= 11 is 0. The second-order valence-electron chi connectivity index (χ2n) is 7.88. The van der Waals surface area contributed by atoms with Crippen molar-refractivity contribution >= 4 is 17.0 Å². The fourth-order valence-corrected chi connectivity index (χ4v) is 3.97. The molecule has 3 aromatic rings. The Labute approximate surface area is 180 Å². The number of aryl methyl sites for hydroxylation is 1. The van der Waals surface area contributed by atoms with Gasteiger partial charge in [0.2, 0.25) is 0 Å². The second kappa shape index (κ2) is 10.1. The average Bonchev–Trinajstić information content (AvgIpc) is 2.78. The molecule has 162 valence electrons. The summed E-state index contributed by atoms with van der Waals surface area (Å²) < 4.78 is 46.4. The first-order chi connectivity index (χ1) is 15.1. The molecule has 31 heavy (non-hydrogen) atoms. The van der Waals surface area contributed by atoms with Crippen LogP contribution < -0.4 is 5.32 Å². The lowest BCUT2D eigenvalue weighted by molar-refractivity contribution is -0.00585. The number of halogens is 3. The quantitative estimate of drug-likeness (QED) is 0.547. The molecule has 2 aromatic carbocycles. The third kappa shape index (κ3) is 5.71. The van der Waals surface area contributed by atoms with Gasteiger partial charge in [-0.3, -0.25) is 4.98 Å². The summed E-state index contributed by atoms with van der Waals surface area (Å²) in [7, 11) is 0. The van der Waals surface area contributed by atoms with Crippen molar-refractivity contribution in [1.29, 1.82) is 0 Å². The van der Waals surface area contributed by atoms with Crippen LogP contribution >= 0.6 is 0 Å². The van der Waals surface area contributed by atoms with Crippen LogP contribution in [0.5, 0.6) is 0 Å². The van der Waals surface area contributed by atoms with Crippen molar-refractivity contribution in [1.82, 2.24) is 10.3 Å². The number of hydrogen-bond acceptors (Lipinski definition) is 3. The molecule has 1 aliphatic heterocycles. The van der Waals surface area contributed by atoms with E-state index in [-0.39, 0.29) is 23.5 Å². The van der Waals surface area contributed by atoms with E-state index in [1.54, 1.807) is 30.5 Å². The third-order valence-corrected chi connectivity index (χ3v) is 5.68. The molecule has 1 aliphatic rings. The Bertz CT molecular complexity index is 1060. The minimum atomic E-state index is -0.453. The predicted molar refractivity (Wildman–Crippen MR) is 116 cm³/mol. The minimum absolute atomic E-state index is 0.173. The Balaban J connectivity index is 1.22. The summed E-state index contributed by atoms with van der Waals surface area (Å²) in [5.41, 5.74) is 2.13. The summed E-state index contributed by atoms with van der Waals surface area (Å²) in [5, 5.41) is 4.23. The van der Waals surface area contributed by atoms with E-state index in [4.69, 9.17) is 4.74 Å². The maximum Gasteiger partial charge on any atom is 0.130 e. The van der Waals surface area contributed by atoms with Crippen molar-refractivity contribution in [3.05, 3.63) is 83.3 Å². The predicted octanol–water partition coefficient (Wildman–Crippen LogP) is 5.44. The average molecular weight is 426 g/mol. The van der Waals surface area contributed by atoms with Gasteiger partial charge in [-0.1, -0.05) is 12.2 Å². The fourth-order valence-electron chi connectivity index (χ4n) is 3.97. The monoisotopic (exact) mass is 426 g/mol. The maximum atomic E-state index is 13.6. The Morgan fingerprint density at radius 3 is 2.71 bits per heavy atom. The molecule has 1 saturated heterocycles. The number of aromatic nitrogens is 1. The van der Waals surface area contributed by atoms with Gasteiger partial charge in [-0.05, 0) is 73.7 Å². The summed E-state index contributed by atoms with van der Waals surface area (Å²) in [4.78, 5) is 4.30. The van der Waals surface area contributed by atoms with Crippen molar-refractivity contribution < 1.29 is 17.9 Å². The zero-order valence-electron chi connectivity index (χ0n) is 17.2. The topological polar surface area (TPSA) is 34.2 Å². The molecule has 1 fully saturated rings. The summed E-state index contributed by atoms with van der Waals surface area (Å²) in [5.74, 6) is -1.14. The van der Waals surface area contributed by atoms with Crippen LogP contribution in [0.15, 0.2) is 54.7 Å². The standard InChI is InChI=1S/C25H25F3N2O/c26-19-4-9-24(28)18(14-19)2-1-12-29-21-6-8-22(31-16-21)7-3-17-11-13-30-25-10-5-20(27)15-23(17)25/h1-2,4-5,9-11,13-15,21-22,29H,3,6-8,12,16H2/t21-,22+/m0/s1. The number of nitrogens with zero attached hydrogens (tertiary/aromatic N) is 1. The van der Waals surface area contributed by atoms with E-state index in [1.807, 2.05) is 6.07 Å². The van der Waals surface area contributed by atoms with Crippen molar-refractivity contribution in [2.45, 2.75) is 37.8 Å². The Morgan fingerprint density at radius 1 is 1.03 bits per heavy atom. The molecule has 2 atom stereocenters. The lowest BCUT2D eigenvalue weighted by Crippen LogP contribution is -2.40. The molecular weight excluding hydrogens is 401 g/mol. The third-order valence-electron chi connectivity index (χ3n) is 5.68. The van der Waals surface area contributed by atoms with E-state index in [1.165, 1.54) is 12.1 Å². The number of ether oxygens (including phenoxy) is 1. The molecule has 6 heteroatoms. The first-order valence-corrected chi connectivity index (χ1v) is 10.6. The van der Waals surface area contributed by atoms with Gasteiger partial charge < -0.3 is 10.1 Å². The van der Waals surface area contributed by atoms with Crippen LogP contribution in [0, 0.1) is 17.5 Å². The molecule has 0 aliphatic carbocycles. The molecular formula is C25H25F3N2O. The van der Waals surface area contributed by atoms with Gasteiger partial charge in [0.1, 0.15) is 17.5 Å². The van der Waals surface area contributed by atoms with E-state index in [9.17, 15) is 13.2 Å². The number of benzene rings is 2. The van der Waals surface area contributed by atoms with Gasteiger partial charge in [-0.15, -0.1) is 0 Å². The first kappa shape index (κ1) is 21.5. The number of nitrogens with one attached hydrogen (secondary N) is 1. The van der Waals surface area contributed by atoms with E-state index in [0.717, 1.165) is 54.3 Å². The van der Waals surface area contributed by atoms with Gasteiger partial charge in [0.15, 0.2) is 0 Å². The lowest BCUT2D eigenvalue weighted by atomic mass is 9.97. The molecule has 2 heterocycles. The van der Waals surface area contributed by atoms with E-state index >= 15 is 0 Å². The van der Waals surface area contributed by atoms with Crippen LogP contribution in [-0.2, 0) is 11.2 Å². The van der Waals surface area contributed by atoms with Crippen LogP contribution in [0.3, 0.4) is 0 Å². The van der Waals surface area contributed by atoms with Gasteiger partial charge in [0, 0.05) is 29.7 Å². The molecule has 1 N–H and O–H groups in total. The highest BCUT2D eigenvalue weighted by atomic mass is 19.1. The number of pyridine rings is 1. The molecule has 4 rings (SSSR count). The number of hydrogen-bond donors (Lipinski definition) is 1. The molecule has 0 bridgehead atoms. The molecule has 0 unspecified atom stereocenters. The van der Waals surface area contributed by atoms with Gasteiger partial charge in [-0.2, -0.15) is 0 Å². The van der Waals surface area contributed by atoms with Crippen LogP contribution in [0.2, 0.25) is 0 Å². The molecule has 0 amide bonds. The zero-order chi connectivity index (χ0) is 21.6. The van der Waals surface area contributed by atoms with Crippen molar-refractivity contribution in [2.24, 2.45) is 0 Å². The minimum Gasteiger partial charge on any atom is -0.377 e. The normalized spacial score (nSPS) is 19.3. The fraction of sp³-hybridized carbons (Fsp3) is 0.320. The second-order valence-corrected chi connectivity index (χ2v) is 7.88. The van der Waals surface area contributed by atoms with E-state index in [0.29, 0.717) is 13.2 Å². The Hall–Kier alpha value is -2.70. The number of rotatable bonds is 7. The lowest BCUT2D eigenvalue weighted by Gasteiger charge is -2.29. The van der Waals surface area contributed by atoms with Crippen LogP contribution in [0.4, 0.5) is 13.2 Å². The van der Waals surface area contributed by atoms with Gasteiger partial charge in [0.05, 0.1) is 18.2 Å². The van der Waals surface area contributed by atoms with Crippen molar-refractivity contribution in [3.63, 3.8) is 0 Å². The van der Waals surface area contributed by atoms with Crippen LogP contribution in [-0.4, -0.2) is 30.3 Å². The largest absolute Gasteiger partial charge is 0.377 e. The summed E-state index contributed by atoms with van der Waals surface area (Å²) in [6.45, 7) is 1.17. The molecule has 0 saturated carbocycles. The zero-order valence-corrected chi connectivity index (χ0v) is 17.2. The molecule has 0 spiro atoms. The summed E-state index contributed by atoms with van der Waals surface area (Å²) in [6.07, 6.45) is 8.92. The van der Waals surface area contributed by atoms with E-state index in [2.05, 4.69) is 10.3 Å². The van der Waals surface area contributed by atoms with Crippen LogP contribution in [0.1, 0.15) is 30.4 Å². The van der Waals surface area contributed by atoms with Gasteiger partial charge >= 0.3 is 0 Å². The Kier molecular flexibility index (Phi) is 6.99. The maximum absolute atomic E-state index is 13.6.